The molecule has 2 aliphatic carbocycles. The van der Waals surface area contributed by atoms with Gasteiger partial charge in [-0.1, -0.05) is 31.4 Å². The van der Waals surface area contributed by atoms with Crippen molar-refractivity contribution in [2.75, 3.05) is 26.0 Å². The number of nitrogens with one attached hydrogen (secondary N) is 2. The van der Waals surface area contributed by atoms with Crippen molar-refractivity contribution in [3.63, 3.8) is 0 Å². The van der Waals surface area contributed by atoms with E-state index in [1.807, 2.05) is 18.2 Å². The summed E-state index contributed by atoms with van der Waals surface area (Å²) in [7, 11) is 4.24. The van der Waals surface area contributed by atoms with E-state index >= 15 is 0 Å². The molecule has 192 valence electrons. The van der Waals surface area contributed by atoms with Crippen LogP contribution in [0.3, 0.4) is 0 Å². The number of nitrogens with two attached hydrogens (primary N) is 1. The number of pyridine rings is 1. The van der Waals surface area contributed by atoms with Gasteiger partial charge in [-0.3, -0.25) is 4.79 Å². The monoisotopic (exact) mass is 496 g/mol. The topological polar surface area (TPSA) is 107 Å². The van der Waals surface area contributed by atoms with E-state index in [9.17, 15) is 4.79 Å². The summed E-state index contributed by atoms with van der Waals surface area (Å²) in [5.41, 5.74) is 13.1. The van der Waals surface area contributed by atoms with Crippen molar-refractivity contribution in [2.45, 2.75) is 50.6 Å². The highest BCUT2D eigenvalue weighted by atomic mass is 16.1. The zero-order valence-electron chi connectivity index (χ0n) is 21.8. The first-order valence-corrected chi connectivity index (χ1v) is 12.8. The molecule has 0 bridgehead atoms. The smallest absolute Gasteiger partial charge is 0.270 e. The fourth-order valence-electron chi connectivity index (χ4n) is 5.19. The van der Waals surface area contributed by atoms with Gasteiger partial charge in [0.15, 0.2) is 0 Å². The van der Waals surface area contributed by atoms with Crippen LogP contribution in [0.1, 0.15) is 65.0 Å². The van der Waals surface area contributed by atoms with Gasteiger partial charge in [-0.15, -0.1) is 0 Å². The minimum Gasteiger partial charge on any atom is -0.399 e. The third-order valence-corrected chi connectivity index (χ3v) is 7.37. The number of amides is 1. The highest BCUT2D eigenvalue weighted by Gasteiger charge is 2.25. The Labute approximate surface area is 219 Å². The van der Waals surface area contributed by atoms with E-state index < -0.39 is 0 Å². The molecular weight excluding hydrogens is 460 g/mol. The number of nitriles is 1. The van der Waals surface area contributed by atoms with Crippen molar-refractivity contribution in [2.24, 2.45) is 5.73 Å². The SMILES string of the molecule is C=C(C#N)CNc1c(C(=C)N)ccc2c1C=C(c1cccc(C(=O)NC3CCC(N(C)C)CC3)n1)CC2. The second-order valence-corrected chi connectivity index (χ2v) is 10.2. The number of benzene rings is 1. The maximum Gasteiger partial charge on any atom is 0.270 e. The van der Waals surface area contributed by atoms with E-state index in [4.69, 9.17) is 16.0 Å². The molecule has 1 aromatic carbocycles. The molecule has 37 heavy (non-hydrogen) atoms. The number of carbonyl (C=O) groups excluding carboxylic acids is 1. The van der Waals surface area contributed by atoms with Gasteiger partial charge >= 0.3 is 0 Å². The number of hydrogen-bond donors (Lipinski definition) is 3. The molecule has 1 aromatic heterocycles. The Morgan fingerprint density at radius 3 is 2.59 bits per heavy atom. The molecule has 0 aliphatic heterocycles. The van der Waals surface area contributed by atoms with Gasteiger partial charge in [-0.05, 0) is 82.0 Å². The maximum atomic E-state index is 13.0. The van der Waals surface area contributed by atoms with E-state index in [1.54, 1.807) is 6.07 Å². The Morgan fingerprint density at radius 2 is 1.92 bits per heavy atom. The lowest BCUT2D eigenvalue weighted by molar-refractivity contribution is 0.0911. The fraction of sp³-hybridized carbons (Fsp3) is 0.367. The van der Waals surface area contributed by atoms with Crippen molar-refractivity contribution in [1.82, 2.24) is 15.2 Å². The van der Waals surface area contributed by atoms with Gasteiger partial charge in [-0.2, -0.15) is 5.26 Å². The number of allylic oxidation sites excluding steroid dienone is 1. The molecule has 1 saturated carbocycles. The third-order valence-electron chi connectivity index (χ3n) is 7.37. The predicted octanol–water partition coefficient (Wildman–Crippen LogP) is 4.59. The van der Waals surface area contributed by atoms with Gasteiger partial charge < -0.3 is 21.3 Å². The number of aryl methyl sites for hydroxylation is 1. The minimum absolute atomic E-state index is 0.119. The average molecular weight is 497 g/mol. The zero-order valence-corrected chi connectivity index (χ0v) is 21.8. The van der Waals surface area contributed by atoms with Crippen molar-refractivity contribution in [3.8, 4) is 6.07 Å². The van der Waals surface area contributed by atoms with Crippen LogP contribution in [0.5, 0.6) is 0 Å². The van der Waals surface area contributed by atoms with Gasteiger partial charge in [0, 0.05) is 41.0 Å². The molecule has 1 heterocycles. The van der Waals surface area contributed by atoms with E-state index in [0.717, 1.165) is 66.6 Å². The van der Waals surface area contributed by atoms with Gasteiger partial charge in [0.05, 0.1) is 17.5 Å². The van der Waals surface area contributed by atoms with E-state index in [2.05, 4.69) is 61.0 Å². The number of carbonyl (C=O) groups is 1. The Kier molecular flexibility index (Phi) is 8.10. The van der Waals surface area contributed by atoms with Gasteiger partial charge in [0.25, 0.3) is 5.91 Å². The lowest BCUT2D eigenvalue weighted by Gasteiger charge is -2.32. The van der Waals surface area contributed by atoms with Crippen LogP contribution in [-0.4, -0.2) is 48.5 Å². The van der Waals surface area contributed by atoms with Crippen LogP contribution in [-0.2, 0) is 6.42 Å². The summed E-state index contributed by atoms with van der Waals surface area (Å²) in [6.07, 6.45) is 7.90. The molecule has 4 N–H and O–H groups in total. The number of hydrogen-bond acceptors (Lipinski definition) is 6. The van der Waals surface area contributed by atoms with Gasteiger partial charge in [0.1, 0.15) is 5.69 Å². The summed E-state index contributed by atoms with van der Waals surface area (Å²) in [5, 5.41) is 15.7. The summed E-state index contributed by atoms with van der Waals surface area (Å²) in [6.45, 7) is 8.02. The minimum atomic E-state index is -0.119. The third kappa shape index (κ3) is 6.10. The van der Waals surface area contributed by atoms with Crippen LogP contribution in [0, 0.1) is 11.3 Å². The molecule has 0 atom stereocenters. The molecule has 2 aromatic rings. The Bertz CT molecular complexity index is 1280. The van der Waals surface area contributed by atoms with Crippen LogP contribution in [0.15, 0.2) is 49.1 Å². The first kappa shape index (κ1) is 26.2. The predicted molar refractivity (Wildman–Crippen MR) is 151 cm³/mol. The summed E-state index contributed by atoms with van der Waals surface area (Å²) >= 11 is 0. The molecule has 0 radical (unpaired) electrons. The normalized spacial score (nSPS) is 18.8. The van der Waals surface area contributed by atoms with Crippen LogP contribution in [0.2, 0.25) is 0 Å². The Morgan fingerprint density at radius 1 is 1.16 bits per heavy atom. The number of aromatic nitrogens is 1. The number of fused-ring (bicyclic) bond motifs is 1. The maximum absolute atomic E-state index is 13.0. The second kappa shape index (κ2) is 11.4. The Hall–Kier alpha value is -3.89. The summed E-state index contributed by atoms with van der Waals surface area (Å²) < 4.78 is 0. The van der Waals surface area contributed by atoms with Gasteiger partial charge in [-0.25, -0.2) is 4.98 Å². The summed E-state index contributed by atoms with van der Waals surface area (Å²) in [6, 6.07) is 12.5. The van der Waals surface area contributed by atoms with Crippen molar-refractivity contribution in [1.29, 1.82) is 5.26 Å². The van der Waals surface area contributed by atoms with E-state index in [0.29, 0.717) is 29.6 Å². The number of nitrogens with zero attached hydrogens (tertiary/aromatic N) is 3. The van der Waals surface area contributed by atoms with Crippen LogP contribution < -0.4 is 16.4 Å². The second-order valence-electron chi connectivity index (χ2n) is 10.2. The van der Waals surface area contributed by atoms with Gasteiger partial charge in [0.2, 0.25) is 0 Å². The molecule has 1 amide bonds. The van der Waals surface area contributed by atoms with E-state index in [1.165, 1.54) is 5.56 Å². The first-order chi connectivity index (χ1) is 17.8. The number of rotatable bonds is 8. The summed E-state index contributed by atoms with van der Waals surface area (Å²) in [5.74, 6) is -0.119. The molecule has 7 nitrogen and oxygen atoms in total. The zero-order chi connectivity index (χ0) is 26.5. The van der Waals surface area contributed by atoms with Crippen molar-refractivity contribution < 1.29 is 4.79 Å². The van der Waals surface area contributed by atoms with Crippen LogP contribution in [0.4, 0.5) is 5.69 Å². The molecule has 2 aliphatic rings. The van der Waals surface area contributed by atoms with Crippen molar-refractivity contribution >= 4 is 28.9 Å². The van der Waals surface area contributed by atoms with Crippen LogP contribution >= 0.6 is 0 Å². The molecule has 1 fully saturated rings. The molecular formula is C30H36N6O. The Balaban J connectivity index is 1.56. The molecule has 0 spiro atoms. The largest absolute Gasteiger partial charge is 0.399 e. The first-order valence-electron chi connectivity index (χ1n) is 12.8. The van der Waals surface area contributed by atoms with Crippen molar-refractivity contribution in [3.05, 3.63) is 77.1 Å². The standard InChI is InChI=1S/C30H36N6O/c1-19(17-31)18-33-29-25(20(2)32)15-10-21-8-9-22(16-26(21)29)27-6-5-7-28(35-27)30(37)34-23-11-13-24(14-12-23)36(3)4/h5-7,10,15-16,23-24,33H,1-2,8-9,11-14,18,32H2,3-4H3,(H,34,37). The highest BCUT2D eigenvalue weighted by molar-refractivity contribution is 5.94. The highest BCUT2D eigenvalue weighted by Crippen LogP contribution is 2.37. The molecule has 4 rings (SSSR count). The van der Waals surface area contributed by atoms with E-state index in [-0.39, 0.29) is 11.9 Å². The lowest BCUT2D eigenvalue weighted by Crippen LogP contribution is -2.42. The fourth-order valence-corrected chi connectivity index (χ4v) is 5.19. The quantitative estimate of drug-likeness (QED) is 0.462. The van der Waals surface area contributed by atoms with Crippen LogP contribution in [0.25, 0.3) is 17.3 Å². The summed E-state index contributed by atoms with van der Waals surface area (Å²) in [4.78, 5) is 20.1. The molecule has 0 saturated heterocycles. The lowest BCUT2D eigenvalue weighted by atomic mass is 9.87. The average Bonchev–Trinajstić information content (AvgIpc) is 2.91. The molecule has 7 heteroatoms. The number of anilines is 1. The molecule has 0 unspecified atom stereocenters.